The maximum Gasteiger partial charge on any atom is 0.306 e. The highest BCUT2D eigenvalue weighted by molar-refractivity contribution is 5.71. The molecule has 63 heavy (non-hydrogen) atoms. The number of rotatable bonds is 51. The summed E-state index contributed by atoms with van der Waals surface area (Å²) < 4.78 is 16.8. The van der Waals surface area contributed by atoms with Crippen LogP contribution in [-0.4, -0.2) is 37.2 Å². The van der Waals surface area contributed by atoms with Crippen LogP contribution in [-0.2, 0) is 28.6 Å². The van der Waals surface area contributed by atoms with Crippen LogP contribution in [0, 0.1) is 0 Å². The van der Waals surface area contributed by atoms with Crippen molar-refractivity contribution in [3.8, 4) is 0 Å². The molecule has 0 aliphatic carbocycles. The Labute approximate surface area is 392 Å². The average Bonchev–Trinajstić information content (AvgIpc) is 3.28. The predicted molar refractivity (Wildman–Crippen MR) is 270 cm³/mol. The second kappa shape index (κ2) is 52.5. The van der Waals surface area contributed by atoms with Gasteiger partial charge in [0.15, 0.2) is 6.10 Å². The number of carbonyl (C=O) groups is 3. The lowest BCUT2D eigenvalue weighted by Gasteiger charge is -2.18. The van der Waals surface area contributed by atoms with Crippen LogP contribution < -0.4 is 0 Å². The van der Waals surface area contributed by atoms with E-state index in [0.717, 1.165) is 70.6 Å². The summed E-state index contributed by atoms with van der Waals surface area (Å²) in [5, 5.41) is 0. The van der Waals surface area contributed by atoms with Gasteiger partial charge in [-0.3, -0.25) is 14.4 Å². The van der Waals surface area contributed by atoms with Gasteiger partial charge in [-0.2, -0.15) is 0 Å². The zero-order valence-electron chi connectivity index (χ0n) is 42.4. The molecular formula is C57H106O6. The van der Waals surface area contributed by atoms with E-state index in [1.54, 1.807) is 0 Å². The van der Waals surface area contributed by atoms with E-state index in [2.05, 4.69) is 45.1 Å². The largest absolute Gasteiger partial charge is 0.462 e. The first-order valence-electron chi connectivity index (χ1n) is 27.8. The lowest BCUT2D eigenvalue weighted by atomic mass is 10.0. The Morgan fingerprint density at radius 2 is 0.556 bits per heavy atom. The molecular weight excluding hydrogens is 781 g/mol. The van der Waals surface area contributed by atoms with E-state index in [4.69, 9.17) is 14.2 Å². The van der Waals surface area contributed by atoms with E-state index in [9.17, 15) is 14.4 Å². The van der Waals surface area contributed by atoms with Gasteiger partial charge in [-0.25, -0.2) is 0 Å². The fourth-order valence-corrected chi connectivity index (χ4v) is 8.21. The minimum absolute atomic E-state index is 0.0704. The van der Waals surface area contributed by atoms with Crippen molar-refractivity contribution in [1.29, 1.82) is 0 Å². The molecule has 6 heteroatoms. The Morgan fingerprint density at radius 1 is 0.302 bits per heavy atom. The second-order valence-electron chi connectivity index (χ2n) is 18.8. The number of carbonyl (C=O) groups excluding carboxylic acids is 3. The number of unbranched alkanes of at least 4 members (excludes halogenated alkanes) is 36. The summed E-state index contributed by atoms with van der Waals surface area (Å²) in [5.74, 6) is -0.868. The molecule has 370 valence electrons. The second-order valence-corrected chi connectivity index (χ2v) is 18.8. The zero-order valence-corrected chi connectivity index (χ0v) is 42.4. The molecule has 0 aliphatic rings. The van der Waals surface area contributed by atoms with Crippen LogP contribution in [0.5, 0.6) is 0 Å². The Morgan fingerprint density at radius 3 is 0.857 bits per heavy atom. The van der Waals surface area contributed by atoms with E-state index in [1.807, 2.05) is 0 Å². The maximum atomic E-state index is 12.8. The molecule has 0 saturated heterocycles. The van der Waals surface area contributed by atoms with Crippen molar-refractivity contribution in [3.05, 3.63) is 24.3 Å². The third-order valence-electron chi connectivity index (χ3n) is 12.4. The summed E-state index contributed by atoms with van der Waals surface area (Å²) in [5.41, 5.74) is 0. The van der Waals surface area contributed by atoms with Gasteiger partial charge in [0.1, 0.15) is 13.2 Å². The van der Waals surface area contributed by atoms with Crippen molar-refractivity contribution in [1.82, 2.24) is 0 Å². The topological polar surface area (TPSA) is 78.9 Å². The first-order chi connectivity index (χ1) is 31.0. The fraction of sp³-hybridized carbons (Fsp3) is 0.877. The molecule has 0 aromatic rings. The standard InChI is InChI=1S/C57H106O6/c1-4-7-10-13-16-19-22-24-25-26-27-28-29-30-31-32-33-34-36-38-41-44-47-50-56(59)62-53-54(52-61-55(58)49-46-43-40-37-21-18-15-12-9-6-3)63-57(60)51-48-45-42-39-35-23-20-17-14-11-8-5-2/h12,15,26-27,54H,4-11,13-14,16-25,28-53H2,1-3H3/b15-12-,27-26-. The number of hydrogen-bond acceptors (Lipinski definition) is 6. The van der Waals surface area contributed by atoms with E-state index in [-0.39, 0.29) is 31.1 Å². The van der Waals surface area contributed by atoms with Crippen LogP contribution in [0.2, 0.25) is 0 Å². The molecule has 0 aromatic carbocycles. The summed E-state index contributed by atoms with van der Waals surface area (Å²) in [4.78, 5) is 37.9. The van der Waals surface area contributed by atoms with Crippen LogP contribution in [0.15, 0.2) is 24.3 Å². The van der Waals surface area contributed by atoms with Gasteiger partial charge in [-0.1, -0.05) is 244 Å². The molecule has 0 bridgehead atoms. The van der Waals surface area contributed by atoms with Crippen LogP contribution in [0.1, 0.15) is 303 Å². The van der Waals surface area contributed by atoms with Gasteiger partial charge in [-0.15, -0.1) is 0 Å². The number of hydrogen-bond donors (Lipinski definition) is 0. The van der Waals surface area contributed by atoms with E-state index in [0.29, 0.717) is 19.3 Å². The molecule has 0 spiro atoms. The molecule has 0 aliphatic heterocycles. The molecule has 0 N–H and O–H groups in total. The number of allylic oxidation sites excluding steroid dienone is 4. The van der Waals surface area contributed by atoms with Gasteiger partial charge in [-0.05, 0) is 64.2 Å². The normalized spacial score (nSPS) is 12.1. The molecule has 6 nitrogen and oxygen atoms in total. The highest BCUT2D eigenvalue weighted by atomic mass is 16.6. The first-order valence-corrected chi connectivity index (χ1v) is 27.8. The van der Waals surface area contributed by atoms with Gasteiger partial charge < -0.3 is 14.2 Å². The minimum Gasteiger partial charge on any atom is -0.462 e. The molecule has 0 saturated carbocycles. The van der Waals surface area contributed by atoms with Crippen LogP contribution in [0.4, 0.5) is 0 Å². The lowest BCUT2D eigenvalue weighted by molar-refractivity contribution is -0.167. The Hall–Kier alpha value is -2.11. The van der Waals surface area contributed by atoms with Crippen molar-refractivity contribution in [2.24, 2.45) is 0 Å². The summed E-state index contributed by atoms with van der Waals surface area (Å²) in [6.07, 6.45) is 60.4. The van der Waals surface area contributed by atoms with Gasteiger partial charge in [0.2, 0.25) is 0 Å². The van der Waals surface area contributed by atoms with E-state index in [1.165, 1.54) is 193 Å². The maximum absolute atomic E-state index is 12.8. The molecule has 0 rings (SSSR count). The molecule has 1 atom stereocenters. The van der Waals surface area contributed by atoms with Crippen molar-refractivity contribution in [2.45, 2.75) is 309 Å². The predicted octanol–water partition coefficient (Wildman–Crippen LogP) is 18.3. The first kappa shape index (κ1) is 60.9. The SMILES string of the molecule is CCC/C=C\CCCCCCCC(=O)OCC(COC(=O)CCCCCCCCCCCCC/C=C\CCCCCCCCCC)OC(=O)CCCCCCCCCCCCCC. The highest BCUT2D eigenvalue weighted by Crippen LogP contribution is 2.16. The third kappa shape index (κ3) is 50.7. The van der Waals surface area contributed by atoms with Crippen molar-refractivity contribution < 1.29 is 28.6 Å². The summed E-state index contributed by atoms with van der Waals surface area (Å²) in [6, 6.07) is 0. The van der Waals surface area contributed by atoms with Gasteiger partial charge in [0.05, 0.1) is 0 Å². The third-order valence-corrected chi connectivity index (χ3v) is 12.4. The lowest BCUT2D eigenvalue weighted by Crippen LogP contribution is -2.30. The van der Waals surface area contributed by atoms with Crippen molar-refractivity contribution >= 4 is 17.9 Å². The average molecular weight is 887 g/mol. The van der Waals surface area contributed by atoms with E-state index >= 15 is 0 Å². The zero-order chi connectivity index (χ0) is 45.8. The van der Waals surface area contributed by atoms with Gasteiger partial charge in [0, 0.05) is 19.3 Å². The van der Waals surface area contributed by atoms with Crippen LogP contribution in [0.25, 0.3) is 0 Å². The summed E-state index contributed by atoms with van der Waals surface area (Å²) >= 11 is 0. The van der Waals surface area contributed by atoms with Crippen LogP contribution in [0.3, 0.4) is 0 Å². The minimum atomic E-state index is -0.769. The molecule has 0 heterocycles. The Kier molecular flexibility index (Phi) is 50.8. The van der Waals surface area contributed by atoms with E-state index < -0.39 is 6.10 Å². The highest BCUT2D eigenvalue weighted by Gasteiger charge is 2.19. The molecule has 0 amide bonds. The monoisotopic (exact) mass is 887 g/mol. The molecule has 1 unspecified atom stereocenters. The van der Waals surface area contributed by atoms with Crippen molar-refractivity contribution in [3.63, 3.8) is 0 Å². The quantitative estimate of drug-likeness (QED) is 0.0262. The molecule has 0 fully saturated rings. The van der Waals surface area contributed by atoms with Gasteiger partial charge in [0.25, 0.3) is 0 Å². The fourth-order valence-electron chi connectivity index (χ4n) is 8.21. The summed E-state index contributed by atoms with van der Waals surface area (Å²) in [7, 11) is 0. The van der Waals surface area contributed by atoms with Crippen LogP contribution >= 0.6 is 0 Å². The number of esters is 3. The number of ether oxygens (including phenoxy) is 3. The smallest absolute Gasteiger partial charge is 0.306 e. The van der Waals surface area contributed by atoms with Crippen molar-refractivity contribution in [2.75, 3.05) is 13.2 Å². The summed E-state index contributed by atoms with van der Waals surface area (Å²) in [6.45, 7) is 6.60. The Balaban J connectivity index is 4.18. The molecule has 0 radical (unpaired) electrons. The Bertz CT molecular complexity index is 1020. The molecule has 0 aromatic heterocycles. The van der Waals surface area contributed by atoms with Gasteiger partial charge >= 0.3 is 17.9 Å².